The quantitative estimate of drug-likeness (QED) is 0.541. The van der Waals surface area contributed by atoms with Crippen molar-refractivity contribution >= 4 is 44.2 Å². The molecule has 1 fully saturated rings. The van der Waals surface area contributed by atoms with Crippen molar-refractivity contribution in [3.8, 4) is 0 Å². The van der Waals surface area contributed by atoms with Gasteiger partial charge in [0.2, 0.25) is 5.91 Å². The van der Waals surface area contributed by atoms with Gasteiger partial charge in [0.15, 0.2) is 15.0 Å². The second-order valence-electron chi connectivity index (χ2n) is 7.03. The maximum Gasteiger partial charge on any atom is 0.233 e. The van der Waals surface area contributed by atoms with Gasteiger partial charge < -0.3 is 10.2 Å². The van der Waals surface area contributed by atoms with Gasteiger partial charge >= 0.3 is 0 Å². The summed E-state index contributed by atoms with van der Waals surface area (Å²) in [5.41, 5.74) is 0.817. The fourth-order valence-electron chi connectivity index (χ4n) is 3.51. The highest BCUT2D eigenvalue weighted by molar-refractivity contribution is 7.99. The molecule has 1 amide bonds. The van der Waals surface area contributed by atoms with Crippen molar-refractivity contribution in [2.45, 2.75) is 43.9 Å². The van der Waals surface area contributed by atoms with Crippen LogP contribution in [0.25, 0.3) is 10.9 Å². The van der Waals surface area contributed by atoms with E-state index in [4.69, 9.17) is 0 Å². The maximum atomic E-state index is 13.0. The molecule has 2 atom stereocenters. The molecule has 3 rings (SSSR count). The van der Waals surface area contributed by atoms with Crippen LogP contribution in [0.2, 0.25) is 0 Å². The van der Waals surface area contributed by atoms with Crippen molar-refractivity contribution in [1.82, 2.24) is 14.9 Å². The van der Waals surface area contributed by atoms with Crippen LogP contribution in [0, 0.1) is 0 Å². The Labute approximate surface area is 170 Å². The zero-order valence-corrected chi connectivity index (χ0v) is 18.0. The summed E-state index contributed by atoms with van der Waals surface area (Å²) in [6.07, 6.45) is 1.29. The van der Waals surface area contributed by atoms with Gasteiger partial charge in [-0.1, -0.05) is 30.8 Å². The van der Waals surface area contributed by atoms with Crippen LogP contribution >= 0.6 is 11.8 Å². The molecule has 0 radical (unpaired) electrons. The standard InChI is InChI=1S/C19H26N4O3S2/c1-4-13(2)23(14-9-10-28(25,26)12-14)17(24)11-27-19-21-16-8-6-5-7-15(16)18(20-3)22-19/h5-8,13-14H,4,9-12H2,1-3H3,(H,20,21,22)/t13-,14-/m1/s1. The SMILES string of the molecule is CC[C@@H](C)N(C(=O)CSc1nc(NC)c2ccccc2n1)[C@@H]1CCS(=O)(=O)C1. The molecule has 7 nitrogen and oxygen atoms in total. The third kappa shape index (κ3) is 4.57. The molecule has 1 aliphatic rings. The highest BCUT2D eigenvalue weighted by Gasteiger charge is 2.36. The summed E-state index contributed by atoms with van der Waals surface area (Å²) < 4.78 is 23.8. The number of carbonyl (C=O) groups is 1. The lowest BCUT2D eigenvalue weighted by Gasteiger charge is -2.33. The van der Waals surface area contributed by atoms with Crippen LogP contribution in [-0.2, 0) is 14.6 Å². The second kappa shape index (κ2) is 8.65. The van der Waals surface area contributed by atoms with Crippen LogP contribution in [-0.4, -0.2) is 65.6 Å². The molecule has 0 unspecified atom stereocenters. The van der Waals surface area contributed by atoms with Crippen LogP contribution < -0.4 is 5.32 Å². The molecule has 28 heavy (non-hydrogen) atoms. The number of hydrogen-bond donors (Lipinski definition) is 1. The molecule has 2 aromatic rings. The van der Waals surface area contributed by atoms with Gasteiger partial charge in [-0.25, -0.2) is 18.4 Å². The minimum Gasteiger partial charge on any atom is -0.372 e. The Balaban J connectivity index is 1.76. The molecule has 0 saturated carbocycles. The van der Waals surface area contributed by atoms with Crippen molar-refractivity contribution in [2.75, 3.05) is 29.6 Å². The molecule has 1 aromatic heterocycles. The fourth-order valence-corrected chi connectivity index (χ4v) is 5.94. The monoisotopic (exact) mass is 422 g/mol. The van der Waals surface area contributed by atoms with Gasteiger partial charge in [0.25, 0.3) is 0 Å². The molecule has 9 heteroatoms. The van der Waals surface area contributed by atoms with Crippen molar-refractivity contribution in [3.05, 3.63) is 24.3 Å². The number of anilines is 1. The van der Waals surface area contributed by atoms with Crippen LogP contribution in [0.1, 0.15) is 26.7 Å². The smallest absolute Gasteiger partial charge is 0.233 e. The first-order chi connectivity index (χ1) is 13.3. The number of fused-ring (bicyclic) bond motifs is 1. The van der Waals surface area contributed by atoms with E-state index in [1.54, 1.807) is 11.9 Å². The van der Waals surface area contributed by atoms with Crippen molar-refractivity contribution in [1.29, 1.82) is 0 Å². The Morgan fingerprint density at radius 3 is 2.75 bits per heavy atom. The summed E-state index contributed by atoms with van der Waals surface area (Å²) in [5, 5.41) is 4.53. The average molecular weight is 423 g/mol. The summed E-state index contributed by atoms with van der Waals surface area (Å²) in [6, 6.07) is 7.47. The average Bonchev–Trinajstić information content (AvgIpc) is 3.04. The molecule has 0 spiro atoms. The van der Waals surface area contributed by atoms with E-state index < -0.39 is 9.84 Å². The Morgan fingerprint density at radius 1 is 1.36 bits per heavy atom. The number of nitrogens with one attached hydrogen (secondary N) is 1. The third-order valence-corrected chi connectivity index (χ3v) is 7.68. The molecule has 1 aliphatic heterocycles. The van der Waals surface area contributed by atoms with Crippen LogP contribution in [0.15, 0.2) is 29.4 Å². The van der Waals surface area contributed by atoms with Gasteiger partial charge in [0.1, 0.15) is 5.82 Å². The largest absolute Gasteiger partial charge is 0.372 e. The van der Waals surface area contributed by atoms with Gasteiger partial charge in [-0.05, 0) is 31.9 Å². The van der Waals surface area contributed by atoms with Crippen LogP contribution in [0.4, 0.5) is 5.82 Å². The lowest BCUT2D eigenvalue weighted by Crippen LogP contribution is -2.47. The number of aromatic nitrogens is 2. The molecule has 1 aromatic carbocycles. The Morgan fingerprint density at radius 2 is 2.11 bits per heavy atom. The van der Waals surface area contributed by atoms with Crippen LogP contribution in [0.5, 0.6) is 0 Å². The molecular weight excluding hydrogens is 396 g/mol. The number of hydrogen-bond acceptors (Lipinski definition) is 7. The van der Waals surface area contributed by atoms with Crippen molar-refractivity contribution in [2.24, 2.45) is 0 Å². The third-order valence-electron chi connectivity index (χ3n) is 5.10. The summed E-state index contributed by atoms with van der Waals surface area (Å²) in [4.78, 5) is 23.8. The minimum absolute atomic E-state index is 0.00297. The highest BCUT2D eigenvalue weighted by Crippen LogP contribution is 2.26. The molecule has 152 valence electrons. The number of para-hydroxylation sites is 1. The van der Waals surface area contributed by atoms with E-state index in [0.717, 1.165) is 23.1 Å². The first-order valence-corrected chi connectivity index (χ1v) is 12.2. The highest BCUT2D eigenvalue weighted by atomic mass is 32.2. The maximum absolute atomic E-state index is 13.0. The van der Waals surface area contributed by atoms with E-state index in [2.05, 4.69) is 15.3 Å². The van der Waals surface area contributed by atoms with E-state index in [9.17, 15) is 13.2 Å². The molecule has 1 saturated heterocycles. The predicted octanol–water partition coefficient (Wildman–Crippen LogP) is 2.58. The number of rotatable bonds is 7. The molecule has 2 heterocycles. The summed E-state index contributed by atoms with van der Waals surface area (Å²) in [7, 11) is -1.24. The number of thioether (sulfide) groups is 1. The normalized spacial score (nSPS) is 19.5. The number of carbonyl (C=O) groups excluding carboxylic acids is 1. The van der Waals surface area contributed by atoms with Crippen LogP contribution in [0.3, 0.4) is 0 Å². The van der Waals surface area contributed by atoms with E-state index in [-0.39, 0.29) is 35.2 Å². The van der Waals surface area contributed by atoms with E-state index in [0.29, 0.717) is 11.6 Å². The van der Waals surface area contributed by atoms with Crippen molar-refractivity contribution < 1.29 is 13.2 Å². The lowest BCUT2D eigenvalue weighted by atomic mass is 10.1. The van der Waals surface area contributed by atoms with Gasteiger partial charge in [0.05, 0.1) is 22.8 Å². The Bertz CT molecular complexity index is 965. The van der Waals surface area contributed by atoms with E-state index in [1.165, 1.54) is 11.8 Å². The number of nitrogens with zero attached hydrogens (tertiary/aromatic N) is 3. The number of amides is 1. The molecular formula is C19H26N4O3S2. The summed E-state index contributed by atoms with van der Waals surface area (Å²) in [5.74, 6) is 1.06. The second-order valence-corrected chi connectivity index (χ2v) is 10.2. The fraction of sp³-hybridized carbons (Fsp3) is 0.526. The first kappa shape index (κ1) is 20.9. The summed E-state index contributed by atoms with van der Waals surface area (Å²) in [6.45, 7) is 3.98. The minimum atomic E-state index is -3.05. The van der Waals surface area contributed by atoms with Gasteiger partial charge in [0, 0.05) is 24.5 Å². The lowest BCUT2D eigenvalue weighted by molar-refractivity contribution is -0.132. The summed E-state index contributed by atoms with van der Waals surface area (Å²) >= 11 is 1.28. The van der Waals surface area contributed by atoms with Gasteiger partial charge in [-0.3, -0.25) is 4.79 Å². The van der Waals surface area contributed by atoms with E-state index >= 15 is 0 Å². The Hall–Kier alpha value is -1.87. The number of sulfone groups is 1. The predicted molar refractivity (Wildman–Crippen MR) is 113 cm³/mol. The first-order valence-electron chi connectivity index (χ1n) is 9.43. The number of benzene rings is 1. The molecule has 0 bridgehead atoms. The van der Waals surface area contributed by atoms with Gasteiger partial charge in [-0.15, -0.1) is 0 Å². The van der Waals surface area contributed by atoms with E-state index in [1.807, 2.05) is 38.1 Å². The molecule has 0 aliphatic carbocycles. The van der Waals surface area contributed by atoms with Crippen molar-refractivity contribution in [3.63, 3.8) is 0 Å². The zero-order valence-electron chi connectivity index (χ0n) is 16.4. The molecule has 1 N–H and O–H groups in total. The zero-order chi connectivity index (χ0) is 20.3. The topological polar surface area (TPSA) is 92.3 Å². The van der Waals surface area contributed by atoms with Gasteiger partial charge in [-0.2, -0.15) is 0 Å². The Kier molecular flexibility index (Phi) is 6.44.